The Morgan fingerprint density at radius 3 is 1.13 bits per heavy atom. The average Bonchev–Trinajstić information content (AvgIpc) is 3.08. The molecule has 0 saturated carbocycles. The molecule has 4 aromatic carbocycles. The summed E-state index contributed by atoms with van der Waals surface area (Å²) < 4.78 is 11.8. The van der Waals surface area contributed by atoms with E-state index < -0.39 is 0 Å². The van der Waals surface area contributed by atoms with Gasteiger partial charge in [0.05, 0.1) is 13.2 Å². The second kappa shape index (κ2) is 19.4. The Kier molecular flexibility index (Phi) is 14.7. The van der Waals surface area contributed by atoms with Crippen LogP contribution in [-0.2, 0) is 0 Å². The van der Waals surface area contributed by atoms with Crippen molar-refractivity contribution in [1.82, 2.24) is 0 Å². The summed E-state index contributed by atoms with van der Waals surface area (Å²) in [5.74, 6) is 1.58. The van der Waals surface area contributed by atoms with Gasteiger partial charge in [0.25, 0.3) is 0 Å². The fraction of sp³-hybridized carbons (Fsp3) is 0.250. The minimum atomic E-state index is -0.0545. The van der Waals surface area contributed by atoms with Crippen LogP contribution in [0.5, 0.6) is 11.5 Å². The first kappa shape index (κ1) is 34.7. The first-order chi connectivity index (χ1) is 22.5. The number of allylic oxidation sites excluding steroid dienone is 2. The number of ketones is 2. The molecular weight excluding hydrogens is 615 g/mol. The lowest BCUT2D eigenvalue weighted by atomic mass is 10.1. The minimum Gasteiger partial charge on any atom is -0.494 e. The zero-order chi connectivity index (χ0) is 32.4. The van der Waals surface area contributed by atoms with E-state index in [9.17, 15) is 9.59 Å². The van der Waals surface area contributed by atoms with E-state index in [1.54, 1.807) is 60.7 Å². The average molecular weight is 656 g/mol. The van der Waals surface area contributed by atoms with Gasteiger partial charge < -0.3 is 9.47 Å². The monoisotopic (exact) mass is 654 g/mol. The van der Waals surface area contributed by atoms with Crippen LogP contribution in [0.1, 0.15) is 83.2 Å². The Morgan fingerprint density at radius 2 is 0.783 bits per heavy atom. The number of benzene rings is 4. The van der Waals surface area contributed by atoms with Gasteiger partial charge in [0.15, 0.2) is 11.6 Å². The maximum absolute atomic E-state index is 12.3. The molecule has 0 saturated heterocycles. The van der Waals surface area contributed by atoms with Gasteiger partial charge in [-0.2, -0.15) is 0 Å². The maximum Gasteiger partial charge on any atom is 0.185 e. The molecule has 4 nitrogen and oxygen atoms in total. The largest absolute Gasteiger partial charge is 0.494 e. The molecule has 0 spiro atoms. The van der Waals surface area contributed by atoms with Gasteiger partial charge in [-0.3, -0.25) is 9.59 Å². The van der Waals surface area contributed by atoms with E-state index in [1.165, 1.54) is 25.7 Å². The van der Waals surface area contributed by atoms with E-state index in [0.29, 0.717) is 34.4 Å². The van der Waals surface area contributed by atoms with E-state index in [4.69, 9.17) is 32.7 Å². The molecule has 46 heavy (non-hydrogen) atoms. The van der Waals surface area contributed by atoms with Crippen LogP contribution < -0.4 is 9.47 Å². The third-order valence-corrected chi connectivity index (χ3v) is 7.95. The second-order valence-electron chi connectivity index (χ2n) is 11.1. The van der Waals surface area contributed by atoms with E-state index in [0.717, 1.165) is 48.3 Å². The Balaban J connectivity index is 0.979. The number of halogens is 2. The van der Waals surface area contributed by atoms with Crippen molar-refractivity contribution >= 4 is 46.9 Å². The van der Waals surface area contributed by atoms with Crippen molar-refractivity contribution in [2.24, 2.45) is 0 Å². The lowest BCUT2D eigenvalue weighted by Gasteiger charge is -2.07. The highest BCUT2D eigenvalue weighted by Gasteiger charge is 2.03. The fourth-order valence-corrected chi connectivity index (χ4v) is 5.01. The molecule has 0 amide bonds. The van der Waals surface area contributed by atoms with Crippen LogP contribution >= 0.6 is 23.2 Å². The van der Waals surface area contributed by atoms with E-state index in [1.807, 2.05) is 60.7 Å². The molecule has 0 radical (unpaired) electrons. The highest BCUT2D eigenvalue weighted by atomic mass is 35.5. The van der Waals surface area contributed by atoms with E-state index in [-0.39, 0.29) is 11.6 Å². The molecule has 4 rings (SSSR count). The van der Waals surface area contributed by atoms with Crippen LogP contribution in [0.4, 0.5) is 0 Å². The number of ether oxygens (including phenoxy) is 2. The molecule has 0 aliphatic heterocycles. The number of unbranched alkanes of at least 4 members (excludes halogenated alkanes) is 7. The molecule has 6 heteroatoms. The summed E-state index contributed by atoms with van der Waals surface area (Å²) >= 11 is 11.8. The lowest BCUT2D eigenvalue weighted by Crippen LogP contribution is -1.98. The second-order valence-corrected chi connectivity index (χ2v) is 11.9. The summed E-state index contributed by atoms with van der Waals surface area (Å²) in [7, 11) is 0. The molecule has 0 bridgehead atoms. The number of hydrogen-bond donors (Lipinski definition) is 0. The Hall–Kier alpha value is -4.12. The quantitative estimate of drug-likeness (QED) is 0.0573. The highest BCUT2D eigenvalue weighted by Crippen LogP contribution is 2.18. The molecule has 0 aromatic heterocycles. The zero-order valence-electron chi connectivity index (χ0n) is 26.0. The maximum atomic E-state index is 12.3. The van der Waals surface area contributed by atoms with Gasteiger partial charge in [-0.25, -0.2) is 0 Å². The third-order valence-electron chi connectivity index (χ3n) is 7.45. The first-order valence-corrected chi connectivity index (χ1v) is 16.6. The summed E-state index contributed by atoms with van der Waals surface area (Å²) in [6.07, 6.45) is 16.1. The van der Waals surface area contributed by atoms with E-state index in [2.05, 4.69) is 0 Å². The Labute approximate surface area is 282 Å². The molecule has 0 unspecified atom stereocenters. The van der Waals surface area contributed by atoms with Crippen molar-refractivity contribution in [1.29, 1.82) is 0 Å². The number of carbonyl (C=O) groups excluding carboxylic acids is 2. The molecular formula is C40H40Cl2O4. The van der Waals surface area contributed by atoms with Gasteiger partial charge in [0.2, 0.25) is 0 Å². The Bertz CT molecular complexity index is 1440. The van der Waals surface area contributed by atoms with Crippen molar-refractivity contribution < 1.29 is 19.1 Å². The number of hydrogen-bond acceptors (Lipinski definition) is 4. The first-order valence-electron chi connectivity index (χ1n) is 15.9. The molecule has 0 fully saturated rings. The van der Waals surface area contributed by atoms with Crippen LogP contribution in [-0.4, -0.2) is 24.8 Å². The summed E-state index contributed by atoms with van der Waals surface area (Å²) in [5.41, 5.74) is 3.12. The van der Waals surface area contributed by atoms with Gasteiger partial charge in [0, 0.05) is 21.2 Å². The number of rotatable bonds is 19. The van der Waals surface area contributed by atoms with Gasteiger partial charge in [0.1, 0.15) is 11.5 Å². The van der Waals surface area contributed by atoms with Crippen molar-refractivity contribution in [2.45, 2.75) is 51.4 Å². The SMILES string of the molecule is O=C(/C=C\c1ccc(OCCCCCCCCCCOc2ccc(/C=C\C(=O)c3ccc(Cl)cc3)cc2)cc1)c1ccc(Cl)cc1. The van der Waals surface area contributed by atoms with Crippen LogP contribution in [0.15, 0.2) is 109 Å². The molecule has 0 heterocycles. The summed E-state index contributed by atoms with van der Waals surface area (Å²) in [5, 5.41) is 1.23. The third kappa shape index (κ3) is 12.7. The Morgan fingerprint density at radius 1 is 0.457 bits per heavy atom. The van der Waals surface area contributed by atoms with Gasteiger partial charge in [-0.05, 0) is 109 Å². The number of carbonyl (C=O) groups is 2. The highest BCUT2D eigenvalue weighted by molar-refractivity contribution is 6.31. The van der Waals surface area contributed by atoms with Gasteiger partial charge >= 0.3 is 0 Å². The topological polar surface area (TPSA) is 52.6 Å². The molecule has 0 aliphatic carbocycles. The molecule has 0 N–H and O–H groups in total. The summed E-state index contributed by atoms with van der Waals surface area (Å²) in [6, 6.07) is 29.4. The lowest BCUT2D eigenvalue weighted by molar-refractivity contribution is 0.103. The predicted molar refractivity (Wildman–Crippen MR) is 190 cm³/mol. The summed E-state index contributed by atoms with van der Waals surface area (Å²) in [6.45, 7) is 1.42. The predicted octanol–water partition coefficient (Wildman–Crippen LogP) is 11.4. The van der Waals surface area contributed by atoms with Crippen LogP contribution in [0.3, 0.4) is 0 Å². The molecule has 0 aliphatic rings. The summed E-state index contributed by atoms with van der Waals surface area (Å²) in [4.78, 5) is 24.5. The van der Waals surface area contributed by atoms with Crippen molar-refractivity contribution in [3.05, 3.63) is 142 Å². The van der Waals surface area contributed by atoms with Gasteiger partial charge in [-0.15, -0.1) is 0 Å². The standard InChI is InChI=1S/C40H40Cl2O4/c41-35-19-15-33(16-20-35)39(43)27-13-31-9-23-37(24-10-31)45-29-7-5-3-1-2-4-6-8-30-46-38-25-11-32(12-26-38)14-28-40(44)34-17-21-36(42)22-18-34/h9-28H,1-8,29-30H2/b27-13-,28-14-. The smallest absolute Gasteiger partial charge is 0.185 e. The molecule has 4 aromatic rings. The fourth-order valence-electron chi connectivity index (χ4n) is 4.76. The van der Waals surface area contributed by atoms with Crippen LogP contribution in [0, 0.1) is 0 Å². The van der Waals surface area contributed by atoms with Crippen molar-refractivity contribution in [3.63, 3.8) is 0 Å². The van der Waals surface area contributed by atoms with Crippen molar-refractivity contribution in [3.8, 4) is 11.5 Å². The minimum absolute atomic E-state index is 0.0545. The van der Waals surface area contributed by atoms with Crippen molar-refractivity contribution in [2.75, 3.05) is 13.2 Å². The van der Waals surface area contributed by atoms with Crippen LogP contribution in [0.2, 0.25) is 10.0 Å². The zero-order valence-corrected chi connectivity index (χ0v) is 27.5. The van der Waals surface area contributed by atoms with E-state index >= 15 is 0 Å². The molecule has 238 valence electrons. The molecule has 0 atom stereocenters. The normalized spacial score (nSPS) is 11.3. The van der Waals surface area contributed by atoms with Crippen LogP contribution in [0.25, 0.3) is 12.2 Å². The van der Waals surface area contributed by atoms with Gasteiger partial charge in [-0.1, -0.05) is 98.1 Å².